The molecule has 0 aliphatic rings. The van der Waals surface area contributed by atoms with Gasteiger partial charge in [0.05, 0.1) is 13.7 Å². The molecule has 3 aromatic rings. The zero-order valence-electron chi connectivity index (χ0n) is 11.0. The van der Waals surface area contributed by atoms with E-state index in [9.17, 15) is 0 Å². The second-order valence-corrected chi connectivity index (χ2v) is 5.40. The van der Waals surface area contributed by atoms with E-state index in [0.29, 0.717) is 6.54 Å². The molecule has 4 heteroatoms. The topological polar surface area (TPSA) is 34.4 Å². The van der Waals surface area contributed by atoms with Gasteiger partial charge in [-0.2, -0.15) is 0 Å². The molecule has 0 saturated heterocycles. The molecule has 3 rings (SSSR count). The average molecular weight is 332 g/mol. The fraction of sp³-hybridized carbons (Fsp3) is 0.125. The van der Waals surface area contributed by atoms with Crippen LogP contribution in [0.3, 0.4) is 0 Å². The van der Waals surface area contributed by atoms with Crippen molar-refractivity contribution in [1.29, 1.82) is 0 Å². The van der Waals surface area contributed by atoms with Crippen molar-refractivity contribution in [2.24, 2.45) is 0 Å². The van der Waals surface area contributed by atoms with Gasteiger partial charge in [0.15, 0.2) is 0 Å². The third-order valence-corrected chi connectivity index (χ3v) is 3.51. The lowest BCUT2D eigenvalue weighted by atomic mass is 10.2. The number of hydrogen-bond acceptors (Lipinski definition) is 3. The number of nitrogens with one attached hydrogen (secondary N) is 1. The number of fused-ring (bicyclic) bond motifs is 1. The Morgan fingerprint density at radius 3 is 2.80 bits per heavy atom. The second-order valence-electron chi connectivity index (χ2n) is 4.48. The number of hydrogen-bond donors (Lipinski definition) is 1. The lowest BCUT2D eigenvalue weighted by Crippen LogP contribution is -1.98. The number of ether oxygens (including phenoxy) is 1. The van der Waals surface area contributed by atoms with Gasteiger partial charge in [0.25, 0.3) is 0 Å². The normalized spacial score (nSPS) is 10.7. The number of halogens is 1. The first kappa shape index (κ1) is 13.1. The van der Waals surface area contributed by atoms with Crippen LogP contribution in [0.5, 0.6) is 5.75 Å². The summed E-state index contributed by atoms with van der Waals surface area (Å²) in [6.45, 7) is 0.633. The van der Waals surface area contributed by atoms with E-state index in [0.717, 1.165) is 32.6 Å². The van der Waals surface area contributed by atoms with Gasteiger partial charge in [-0.15, -0.1) is 0 Å². The molecule has 0 atom stereocenters. The molecule has 0 aliphatic heterocycles. The summed E-state index contributed by atoms with van der Waals surface area (Å²) < 4.78 is 12.0. The van der Waals surface area contributed by atoms with Crippen molar-refractivity contribution in [2.75, 3.05) is 12.4 Å². The van der Waals surface area contributed by atoms with E-state index in [1.165, 1.54) is 0 Å². The van der Waals surface area contributed by atoms with Crippen molar-refractivity contribution in [3.05, 3.63) is 58.8 Å². The van der Waals surface area contributed by atoms with Gasteiger partial charge in [-0.05, 0) is 24.3 Å². The van der Waals surface area contributed by atoms with Crippen molar-refractivity contribution < 1.29 is 9.15 Å². The van der Waals surface area contributed by atoms with E-state index in [1.54, 1.807) is 7.11 Å². The predicted molar refractivity (Wildman–Crippen MR) is 84.2 cm³/mol. The van der Waals surface area contributed by atoms with Crippen LogP contribution in [-0.4, -0.2) is 7.11 Å². The molecule has 102 valence electrons. The predicted octanol–water partition coefficient (Wildman–Crippen LogP) is 4.82. The number of methoxy groups -OCH3 is 1. The van der Waals surface area contributed by atoms with Crippen molar-refractivity contribution in [1.82, 2.24) is 0 Å². The molecule has 1 aromatic heterocycles. The lowest BCUT2D eigenvalue weighted by Gasteiger charge is -2.07. The van der Waals surface area contributed by atoms with Gasteiger partial charge in [0, 0.05) is 21.6 Å². The standard InChI is InChI=1S/C16H14BrNO2/c1-19-14-8-12(17)7-13(9-14)18-10-15-6-11-4-2-3-5-16(11)20-15/h2-9,18H,10H2,1H3. The Bertz CT molecular complexity index is 703. The Kier molecular flexibility index (Phi) is 3.65. The molecule has 20 heavy (non-hydrogen) atoms. The molecular weight excluding hydrogens is 318 g/mol. The zero-order chi connectivity index (χ0) is 13.9. The summed E-state index contributed by atoms with van der Waals surface area (Å²) in [5.74, 6) is 1.72. The summed E-state index contributed by atoms with van der Waals surface area (Å²) in [4.78, 5) is 0. The van der Waals surface area contributed by atoms with Gasteiger partial charge in [0.1, 0.15) is 17.1 Å². The summed E-state index contributed by atoms with van der Waals surface area (Å²) in [6.07, 6.45) is 0. The highest BCUT2D eigenvalue weighted by Crippen LogP contribution is 2.25. The van der Waals surface area contributed by atoms with Crippen molar-refractivity contribution in [3.8, 4) is 5.75 Å². The van der Waals surface area contributed by atoms with E-state index >= 15 is 0 Å². The Hall–Kier alpha value is -1.94. The Morgan fingerprint density at radius 2 is 2.00 bits per heavy atom. The number of furan rings is 1. The van der Waals surface area contributed by atoms with Crippen LogP contribution in [0, 0.1) is 0 Å². The molecule has 2 aromatic carbocycles. The third-order valence-electron chi connectivity index (χ3n) is 3.05. The Morgan fingerprint density at radius 1 is 1.15 bits per heavy atom. The van der Waals surface area contributed by atoms with Crippen LogP contribution < -0.4 is 10.1 Å². The van der Waals surface area contributed by atoms with Crippen LogP contribution >= 0.6 is 15.9 Å². The SMILES string of the molecule is COc1cc(Br)cc(NCc2cc3ccccc3o2)c1. The summed E-state index contributed by atoms with van der Waals surface area (Å²) in [6, 6.07) is 15.9. The molecule has 1 heterocycles. The van der Waals surface area contributed by atoms with E-state index in [-0.39, 0.29) is 0 Å². The molecule has 1 N–H and O–H groups in total. The lowest BCUT2D eigenvalue weighted by molar-refractivity contribution is 0.414. The van der Waals surface area contributed by atoms with E-state index < -0.39 is 0 Å². The molecule has 0 radical (unpaired) electrons. The minimum absolute atomic E-state index is 0.633. The molecular formula is C16H14BrNO2. The Balaban J connectivity index is 1.77. The first-order valence-electron chi connectivity index (χ1n) is 6.30. The third kappa shape index (κ3) is 2.80. The summed E-state index contributed by atoms with van der Waals surface area (Å²) in [7, 11) is 1.66. The first-order valence-corrected chi connectivity index (χ1v) is 7.10. The molecule has 0 fully saturated rings. The van der Waals surface area contributed by atoms with Gasteiger partial charge < -0.3 is 14.5 Å². The molecule has 0 saturated carbocycles. The highest BCUT2D eigenvalue weighted by atomic mass is 79.9. The smallest absolute Gasteiger partial charge is 0.134 e. The quantitative estimate of drug-likeness (QED) is 0.744. The van der Waals surface area contributed by atoms with Crippen LogP contribution in [0.15, 0.2) is 57.4 Å². The van der Waals surface area contributed by atoms with Crippen molar-refractivity contribution in [3.63, 3.8) is 0 Å². The maximum absolute atomic E-state index is 5.77. The fourth-order valence-electron chi connectivity index (χ4n) is 2.10. The van der Waals surface area contributed by atoms with Gasteiger partial charge in [-0.1, -0.05) is 34.1 Å². The molecule has 0 unspecified atom stereocenters. The summed E-state index contributed by atoms with van der Waals surface area (Å²) in [5, 5.41) is 4.46. The van der Waals surface area contributed by atoms with Crippen LogP contribution in [0.25, 0.3) is 11.0 Å². The van der Waals surface area contributed by atoms with E-state index in [1.807, 2.05) is 42.5 Å². The maximum atomic E-state index is 5.77. The minimum atomic E-state index is 0.633. The van der Waals surface area contributed by atoms with E-state index in [4.69, 9.17) is 9.15 Å². The largest absolute Gasteiger partial charge is 0.497 e. The van der Waals surface area contributed by atoms with E-state index in [2.05, 4.69) is 27.3 Å². The van der Waals surface area contributed by atoms with Crippen LogP contribution in [0.4, 0.5) is 5.69 Å². The number of rotatable bonds is 4. The zero-order valence-corrected chi connectivity index (χ0v) is 12.6. The Labute approximate surface area is 125 Å². The summed E-state index contributed by atoms with van der Waals surface area (Å²) >= 11 is 3.46. The minimum Gasteiger partial charge on any atom is -0.497 e. The fourth-order valence-corrected chi connectivity index (χ4v) is 2.57. The molecule has 0 aliphatic carbocycles. The average Bonchev–Trinajstić information content (AvgIpc) is 2.87. The van der Waals surface area contributed by atoms with Crippen LogP contribution in [-0.2, 0) is 6.54 Å². The van der Waals surface area contributed by atoms with Gasteiger partial charge in [-0.3, -0.25) is 0 Å². The van der Waals surface area contributed by atoms with Crippen LogP contribution in [0.2, 0.25) is 0 Å². The number of anilines is 1. The number of benzene rings is 2. The second kappa shape index (κ2) is 5.59. The van der Waals surface area contributed by atoms with Gasteiger partial charge >= 0.3 is 0 Å². The summed E-state index contributed by atoms with van der Waals surface area (Å²) in [5.41, 5.74) is 1.90. The monoisotopic (exact) mass is 331 g/mol. The molecule has 0 bridgehead atoms. The highest BCUT2D eigenvalue weighted by Gasteiger charge is 2.04. The molecule has 3 nitrogen and oxygen atoms in total. The number of para-hydroxylation sites is 1. The highest BCUT2D eigenvalue weighted by molar-refractivity contribution is 9.10. The van der Waals surface area contributed by atoms with Crippen molar-refractivity contribution in [2.45, 2.75) is 6.54 Å². The molecule has 0 spiro atoms. The van der Waals surface area contributed by atoms with Gasteiger partial charge in [-0.25, -0.2) is 0 Å². The molecule has 0 amide bonds. The van der Waals surface area contributed by atoms with Crippen molar-refractivity contribution >= 4 is 32.6 Å². The first-order chi connectivity index (χ1) is 9.74. The van der Waals surface area contributed by atoms with Crippen LogP contribution in [0.1, 0.15) is 5.76 Å². The maximum Gasteiger partial charge on any atom is 0.134 e. The van der Waals surface area contributed by atoms with Gasteiger partial charge in [0.2, 0.25) is 0 Å².